The van der Waals surface area contributed by atoms with Crippen molar-refractivity contribution < 1.29 is 38.5 Å². The third kappa shape index (κ3) is 6.16. The van der Waals surface area contributed by atoms with Crippen molar-refractivity contribution in [1.82, 2.24) is 0 Å². The van der Waals surface area contributed by atoms with Crippen molar-refractivity contribution in [3.05, 3.63) is 0 Å². The second-order valence-corrected chi connectivity index (χ2v) is 4.62. The predicted molar refractivity (Wildman–Crippen MR) is 45.2 cm³/mol. The fraction of sp³-hybridized carbons (Fsp3) is 0.667. The van der Waals surface area contributed by atoms with Crippen LogP contribution in [0.15, 0.2) is 0 Å². The molecule has 7 nitrogen and oxygen atoms in total. The molecule has 0 aromatic rings. The van der Waals surface area contributed by atoms with E-state index in [1.807, 2.05) is 0 Å². The molecule has 0 radical (unpaired) electrons. The first kappa shape index (κ1) is 14.0. The van der Waals surface area contributed by atoms with Gasteiger partial charge in [-0.05, 0) is 0 Å². The summed E-state index contributed by atoms with van der Waals surface area (Å²) in [6, 6.07) is 0. The molecule has 9 heteroatoms. The average molecular weight is 244 g/mol. The Morgan fingerprint density at radius 2 is 1.67 bits per heavy atom. The maximum atomic E-state index is 12.6. The van der Waals surface area contributed by atoms with Gasteiger partial charge in [-0.25, -0.2) is 9.18 Å². The molecule has 0 rings (SSSR count). The van der Waals surface area contributed by atoms with E-state index in [0.717, 1.165) is 0 Å². The summed E-state index contributed by atoms with van der Waals surface area (Å²) >= 11 is 0. The zero-order valence-electron chi connectivity index (χ0n) is 7.41. The number of halogens is 1. The van der Waals surface area contributed by atoms with Crippen molar-refractivity contribution in [2.75, 3.05) is 6.16 Å². The van der Waals surface area contributed by atoms with Gasteiger partial charge in [0.05, 0.1) is 12.1 Å². The normalized spacial score (nSPS) is 15.7. The fourth-order valence-electron chi connectivity index (χ4n) is 0.891. The molecule has 2 atom stereocenters. The minimum atomic E-state index is -4.60. The van der Waals surface area contributed by atoms with Gasteiger partial charge in [0.25, 0.3) is 0 Å². The van der Waals surface area contributed by atoms with Crippen LogP contribution in [0.25, 0.3) is 0 Å². The van der Waals surface area contributed by atoms with Crippen molar-refractivity contribution in [3.63, 3.8) is 0 Å². The monoisotopic (exact) mass is 244 g/mol. The lowest BCUT2D eigenvalue weighted by atomic mass is 10.1. The highest BCUT2D eigenvalue weighted by atomic mass is 31.2. The molecule has 0 aromatic heterocycles. The van der Waals surface area contributed by atoms with Gasteiger partial charge in [0, 0.05) is 6.42 Å². The molecule has 15 heavy (non-hydrogen) atoms. The summed E-state index contributed by atoms with van der Waals surface area (Å²) in [4.78, 5) is 37.4. The lowest BCUT2D eigenvalue weighted by Crippen LogP contribution is -2.26. The molecule has 0 aliphatic carbocycles. The average Bonchev–Trinajstić information content (AvgIpc) is 1.99. The minimum Gasteiger partial charge on any atom is -0.481 e. The van der Waals surface area contributed by atoms with Gasteiger partial charge in [0.15, 0.2) is 6.17 Å². The standard InChI is InChI=1S/C6H10FO7P/c7-4(6(10)11)1-3(5(8)9)2-15(12,13)14/h3-4H,1-2H2,(H,8,9)(H,10,11)(H2,12,13,14)/t3-,4?/m0/s1. The molecule has 1 unspecified atom stereocenters. The van der Waals surface area contributed by atoms with Crippen molar-refractivity contribution >= 4 is 19.5 Å². The number of carboxylic acids is 2. The van der Waals surface area contributed by atoms with E-state index in [2.05, 4.69) is 0 Å². The smallest absolute Gasteiger partial charge is 0.338 e. The molecule has 0 bridgehead atoms. The van der Waals surface area contributed by atoms with Crippen molar-refractivity contribution in [2.45, 2.75) is 12.6 Å². The summed E-state index contributed by atoms with van der Waals surface area (Å²) in [6.45, 7) is 0. The Morgan fingerprint density at radius 1 is 1.20 bits per heavy atom. The topological polar surface area (TPSA) is 132 Å². The molecular weight excluding hydrogens is 234 g/mol. The van der Waals surface area contributed by atoms with Crippen LogP contribution in [0.2, 0.25) is 0 Å². The second kappa shape index (κ2) is 5.20. The number of hydrogen-bond donors (Lipinski definition) is 4. The van der Waals surface area contributed by atoms with Gasteiger partial charge in [-0.3, -0.25) is 9.36 Å². The van der Waals surface area contributed by atoms with Gasteiger partial charge in [-0.2, -0.15) is 0 Å². The van der Waals surface area contributed by atoms with E-state index in [1.165, 1.54) is 0 Å². The second-order valence-electron chi connectivity index (χ2n) is 2.92. The van der Waals surface area contributed by atoms with E-state index < -0.39 is 44.2 Å². The van der Waals surface area contributed by atoms with Crippen molar-refractivity contribution in [3.8, 4) is 0 Å². The molecule has 0 aliphatic heterocycles. The van der Waals surface area contributed by atoms with E-state index in [9.17, 15) is 18.5 Å². The SMILES string of the molecule is O=C(O)C(F)C[C@@H](CP(=O)(O)O)C(=O)O. The fourth-order valence-corrected chi connectivity index (χ4v) is 1.77. The van der Waals surface area contributed by atoms with E-state index in [-0.39, 0.29) is 0 Å². The highest BCUT2D eigenvalue weighted by Crippen LogP contribution is 2.38. The van der Waals surface area contributed by atoms with Gasteiger partial charge in [0.1, 0.15) is 0 Å². The number of aliphatic carboxylic acids is 2. The van der Waals surface area contributed by atoms with E-state index >= 15 is 0 Å². The zero-order valence-corrected chi connectivity index (χ0v) is 8.30. The van der Waals surface area contributed by atoms with Crippen LogP contribution in [0.5, 0.6) is 0 Å². The van der Waals surface area contributed by atoms with Gasteiger partial charge in [0.2, 0.25) is 0 Å². The highest BCUT2D eigenvalue weighted by molar-refractivity contribution is 7.51. The van der Waals surface area contributed by atoms with Crippen LogP contribution in [-0.2, 0) is 14.2 Å². The number of carbonyl (C=O) groups is 2. The summed E-state index contributed by atoms with van der Waals surface area (Å²) in [5, 5.41) is 16.6. The Kier molecular flexibility index (Phi) is 4.86. The van der Waals surface area contributed by atoms with Crippen molar-refractivity contribution in [2.24, 2.45) is 5.92 Å². The molecule has 0 saturated heterocycles. The molecule has 88 valence electrons. The molecule has 0 amide bonds. The number of rotatable bonds is 6. The van der Waals surface area contributed by atoms with Crippen LogP contribution in [-0.4, -0.2) is 44.3 Å². The molecule has 4 N–H and O–H groups in total. The molecule has 0 spiro atoms. The molecule has 0 heterocycles. The van der Waals surface area contributed by atoms with Crippen LogP contribution in [0.3, 0.4) is 0 Å². The van der Waals surface area contributed by atoms with Gasteiger partial charge in [-0.15, -0.1) is 0 Å². The first-order valence-corrected chi connectivity index (χ1v) is 5.57. The third-order valence-electron chi connectivity index (χ3n) is 1.57. The maximum Gasteiger partial charge on any atom is 0.338 e. The third-order valence-corrected chi connectivity index (χ3v) is 2.48. The molecule has 0 saturated carbocycles. The summed E-state index contributed by atoms with van der Waals surface area (Å²) in [5.41, 5.74) is 0. The number of carboxylic acid groups (broad SMARTS) is 2. The summed E-state index contributed by atoms with van der Waals surface area (Å²) in [7, 11) is -4.60. The van der Waals surface area contributed by atoms with Gasteiger partial charge < -0.3 is 20.0 Å². The molecule has 0 aliphatic rings. The maximum absolute atomic E-state index is 12.6. The Morgan fingerprint density at radius 3 is 1.93 bits per heavy atom. The highest BCUT2D eigenvalue weighted by Gasteiger charge is 2.32. The van der Waals surface area contributed by atoms with Crippen LogP contribution in [0.4, 0.5) is 4.39 Å². The van der Waals surface area contributed by atoms with Crippen LogP contribution >= 0.6 is 7.60 Å². The summed E-state index contributed by atoms with van der Waals surface area (Å²) < 4.78 is 23.1. The van der Waals surface area contributed by atoms with E-state index in [4.69, 9.17) is 20.0 Å². The van der Waals surface area contributed by atoms with Crippen LogP contribution in [0.1, 0.15) is 6.42 Å². The Labute approximate surface area is 83.7 Å². The van der Waals surface area contributed by atoms with E-state index in [1.54, 1.807) is 0 Å². The largest absolute Gasteiger partial charge is 0.481 e. The van der Waals surface area contributed by atoms with E-state index in [0.29, 0.717) is 0 Å². The zero-order chi connectivity index (χ0) is 12.2. The summed E-state index contributed by atoms with van der Waals surface area (Å²) in [6.07, 6.45) is -4.48. The van der Waals surface area contributed by atoms with Crippen LogP contribution in [0, 0.1) is 5.92 Å². The Balaban J connectivity index is 4.49. The number of alkyl halides is 1. The first-order valence-electron chi connectivity index (χ1n) is 3.77. The van der Waals surface area contributed by atoms with Crippen LogP contribution < -0.4 is 0 Å². The minimum absolute atomic E-state index is 0.963. The lowest BCUT2D eigenvalue weighted by Gasteiger charge is -2.13. The van der Waals surface area contributed by atoms with Crippen molar-refractivity contribution in [1.29, 1.82) is 0 Å². The lowest BCUT2D eigenvalue weighted by molar-refractivity contribution is -0.146. The quantitative estimate of drug-likeness (QED) is 0.470. The Hall–Kier alpha value is -0.980. The summed E-state index contributed by atoms with van der Waals surface area (Å²) in [5.74, 6) is -5.20. The van der Waals surface area contributed by atoms with Gasteiger partial charge >= 0.3 is 19.5 Å². The number of hydrogen-bond acceptors (Lipinski definition) is 3. The Bertz CT molecular complexity index is 298. The predicted octanol–water partition coefficient (Wildman–Crippen LogP) is -0.322. The van der Waals surface area contributed by atoms with Gasteiger partial charge in [-0.1, -0.05) is 0 Å². The molecule has 0 fully saturated rings. The molecular formula is C6H10FO7P. The molecule has 0 aromatic carbocycles. The first-order chi connectivity index (χ1) is 6.63.